The van der Waals surface area contributed by atoms with Crippen molar-refractivity contribution in [2.45, 2.75) is 39.2 Å². The van der Waals surface area contributed by atoms with Crippen LogP contribution in [-0.4, -0.2) is 17.4 Å². The minimum absolute atomic E-state index is 0.139. The van der Waals surface area contributed by atoms with Crippen molar-refractivity contribution in [1.29, 1.82) is 5.26 Å². The van der Waals surface area contributed by atoms with E-state index in [9.17, 15) is 4.79 Å². The van der Waals surface area contributed by atoms with E-state index in [4.69, 9.17) is 5.26 Å². The Morgan fingerprint density at radius 1 is 1.33 bits per heavy atom. The van der Waals surface area contributed by atoms with Gasteiger partial charge >= 0.3 is 0 Å². The molecule has 0 saturated carbocycles. The highest BCUT2D eigenvalue weighted by Gasteiger charge is 2.23. The van der Waals surface area contributed by atoms with Gasteiger partial charge in [-0.1, -0.05) is 31.2 Å². The molecule has 21 heavy (non-hydrogen) atoms. The highest BCUT2D eigenvalue weighted by molar-refractivity contribution is 5.79. The zero-order chi connectivity index (χ0) is 15.1. The molecule has 0 radical (unpaired) electrons. The van der Waals surface area contributed by atoms with Crippen LogP contribution in [0.15, 0.2) is 36.4 Å². The topological polar surface area (TPSA) is 44.1 Å². The molecule has 1 amide bonds. The van der Waals surface area contributed by atoms with E-state index in [0.717, 1.165) is 37.8 Å². The zero-order valence-electron chi connectivity index (χ0n) is 12.6. The molecule has 2 rings (SSSR count). The molecule has 1 atom stereocenters. The van der Waals surface area contributed by atoms with Gasteiger partial charge in [-0.05, 0) is 43.4 Å². The Kier molecular flexibility index (Phi) is 5.57. The first-order valence-corrected chi connectivity index (χ1v) is 7.67. The lowest BCUT2D eigenvalue weighted by molar-refractivity contribution is -0.136. The van der Waals surface area contributed by atoms with Crippen molar-refractivity contribution in [3.63, 3.8) is 0 Å². The minimum atomic E-state index is 0.139. The first-order valence-electron chi connectivity index (χ1n) is 7.67. The third-order valence-electron chi connectivity index (χ3n) is 3.88. The zero-order valence-corrected chi connectivity index (χ0v) is 12.6. The summed E-state index contributed by atoms with van der Waals surface area (Å²) in [7, 11) is 0. The van der Waals surface area contributed by atoms with Gasteiger partial charge in [-0.3, -0.25) is 4.79 Å². The van der Waals surface area contributed by atoms with Gasteiger partial charge in [0.15, 0.2) is 0 Å². The molecule has 0 fully saturated rings. The summed E-state index contributed by atoms with van der Waals surface area (Å²) in [6.45, 7) is 3.53. The molecule has 1 aromatic carbocycles. The molecule has 1 aliphatic carbocycles. The van der Waals surface area contributed by atoms with E-state index < -0.39 is 0 Å². The smallest absolute Gasteiger partial charge is 0.226 e. The SMILES string of the molecule is CCCN(Cc1ccc(C#N)cc1)C(=O)C1CC=CCC1. The lowest BCUT2D eigenvalue weighted by Crippen LogP contribution is -2.36. The number of amides is 1. The molecule has 0 spiro atoms. The molecule has 1 aromatic rings. The molecule has 0 N–H and O–H groups in total. The van der Waals surface area contributed by atoms with Crippen LogP contribution in [0.1, 0.15) is 43.7 Å². The van der Waals surface area contributed by atoms with Gasteiger partial charge in [0.2, 0.25) is 5.91 Å². The Hall–Kier alpha value is -2.08. The van der Waals surface area contributed by atoms with Crippen LogP contribution in [0.3, 0.4) is 0 Å². The van der Waals surface area contributed by atoms with Crippen molar-refractivity contribution in [2.24, 2.45) is 5.92 Å². The van der Waals surface area contributed by atoms with E-state index in [1.54, 1.807) is 0 Å². The number of nitriles is 1. The molecule has 0 bridgehead atoms. The van der Waals surface area contributed by atoms with Crippen molar-refractivity contribution in [2.75, 3.05) is 6.54 Å². The van der Waals surface area contributed by atoms with E-state index in [1.807, 2.05) is 29.2 Å². The standard InChI is InChI=1S/C18H22N2O/c1-2-12-20(18(21)17-6-4-3-5-7-17)14-16-10-8-15(13-19)9-11-16/h3-4,8-11,17H,2,5-7,12,14H2,1H3. The number of hydrogen-bond donors (Lipinski definition) is 0. The molecular weight excluding hydrogens is 260 g/mol. The molecular formula is C18H22N2O. The average Bonchev–Trinajstić information content (AvgIpc) is 2.55. The molecule has 3 nitrogen and oxygen atoms in total. The fourth-order valence-electron chi connectivity index (χ4n) is 2.72. The monoisotopic (exact) mass is 282 g/mol. The molecule has 1 aliphatic rings. The number of nitrogens with zero attached hydrogens (tertiary/aromatic N) is 2. The number of carbonyl (C=O) groups is 1. The molecule has 0 heterocycles. The second-order valence-corrected chi connectivity index (χ2v) is 5.55. The number of hydrogen-bond acceptors (Lipinski definition) is 2. The van der Waals surface area contributed by atoms with Crippen molar-refractivity contribution in [1.82, 2.24) is 4.90 Å². The van der Waals surface area contributed by atoms with Crippen LogP contribution in [0.25, 0.3) is 0 Å². The molecule has 0 saturated heterocycles. The Balaban J connectivity index is 2.05. The summed E-state index contributed by atoms with van der Waals surface area (Å²) in [6.07, 6.45) is 8.08. The van der Waals surface area contributed by atoms with Gasteiger partial charge < -0.3 is 4.90 Å². The van der Waals surface area contributed by atoms with Crippen LogP contribution >= 0.6 is 0 Å². The summed E-state index contributed by atoms with van der Waals surface area (Å²) >= 11 is 0. The fourth-order valence-corrected chi connectivity index (χ4v) is 2.72. The van der Waals surface area contributed by atoms with Crippen LogP contribution in [-0.2, 0) is 11.3 Å². The third-order valence-corrected chi connectivity index (χ3v) is 3.88. The summed E-state index contributed by atoms with van der Waals surface area (Å²) in [5.74, 6) is 0.408. The quantitative estimate of drug-likeness (QED) is 0.774. The number of rotatable bonds is 5. The average molecular weight is 282 g/mol. The minimum Gasteiger partial charge on any atom is -0.338 e. The highest BCUT2D eigenvalue weighted by atomic mass is 16.2. The largest absolute Gasteiger partial charge is 0.338 e. The summed E-state index contributed by atoms with van der Waals surface area (Å²) < 4.78 is 0. The van der Waals surface area contributed by atoms with Crippen LogP contribution in [0.5, 0.6) is 0 Å². The van der Waals surface area contributed by atoms with E-state index in [-0.39, 0.29) is 11.8 Å². The third kappa shape index (κ3) is 4.19. The van der Waals surface area contributed by atoms with Crippen molar-refractivity contribution >= 4 is 5.91 Å². The normalized spacial score (nSPS) is 17.2. The number of allylic oxidation sites excluding steroid dienone is 2. The van der Waals surface area contributed by atoms with Crippen molar-refractivity contribution < 1.29 is 4.79 Å². The maximum Gasteiger partial charge on any atom is 0.226 e. The van der Waals surface area contributed by atoms with Crippen LogP contribution < -0.4 is 0 Å². The Morgan fingerprint density at radius 3 is 2.67 bits per heavy atom. The Morgan fingerprint density at radius 2 is 2.10 bits per heavy atom. The molecule has 1 unspecified atom stereocenters. The molecule has 0 aromatic heterocycles. The van der Waals surface area contributed by atoms with E-state index in [0.29, 0.717) is 12.1 Å². The van der Waals surface area contributed by atoms with Gasteiger partial charge in [-0.2, -0.15) is 5.26 Å². The van der Waals surface area contributed by atoms with Gasteiger partial charge in [-0.25, -0.2) is 0 Å². The van der Waals surface area contributed by atoms with E-state index >= 15 is 0 Å². The second kappa shape index (κ2) is 7.64. The molecule has 110 valence electrons. The van der Waals surface area contributed by atoms with Crippen molar-refractivity contribution in [3.05, 3.63) is 47.5 Å². The first-order chi connectivity index (χ1) is 10.2. The number of benzene rings is 1. The van der Waals surface area contributed by atoms with Crippen LogP contribution in [0.4, 0.5) is 0 Å². The number of carbonyl (C=O) groups excluding carboxylic acids is 1. The Bertz CT molecular complexity index is 539. The molecule has 0 aliphatic heterocycles. The van der Waals surface area contributed by atoms with Gasteiger partial charge in [-0.15, -0.1) is 0 Å². The van der Waals surface area contributed by atoms with E-state index in [1.165, 1.54) is 0 Å². The van der Waals surface area contributed by atoms with Gasteiger partial charge in [0, 0.05) is 19.0 Å². The summed E-state index contributed by atoms with van der Waals surface area (Å²) in [5, 5.41) is 8.83. The lowest BCUT2D eigenvalue weighted by Gasteiger charge is -2.28. The molecule has 3 heteroatoms. The fraction of sp³-hybridized carbons (Fsp3) is 0.444. The maximum atomic E-state index is 12.7. The van der Waals surface area contributed by atoms with Gasteiger partial charge in [0.25, 0.3) is 0 Å². The van der Waals surface area contributed by atoms with Crippen molar-refractivity contribution in [3.8, 4) is 6.07 Å². The lowest BCUT2D eigenvalue weighted by atomic mass is 9.93. The second-order valence-electron chi connectivity index (χ2n) is 5.55. The summed E-state index contributed by atoms with van der Waals surface area (Å²) in [6, 6.07) is 9.62. The predicted molar refractivity (Wildman–Crippen MR) is 83.3 cm³/mol. The Labute approximate surface area is 126 Å². The van der Waals surface area contributed by atoms with Gasteiger partial charge in [0.05, 0.1) is 11.6 Å². The summed E-state index contributed by atoms with van der Waals surface area (Å²) in [5.41, 5.74) is 1.74. The summed E-state index contributed by atoms with van der Waals surface area (Å²) in [4.78, 5) is 14.6. The predicted octanol–water partition coefficient (Wildman–Crippen LogP) is 3.65. The maximum absolute atomic E-state index is 12.7. The van der Waals surface area contributed by atoms with E-state index in [2.05, 4.69) is 25.1 Å². The van der Waals surface area contributed by atoms with Crippen LogP contribution in [0.2, 0.25) is 0 Å². The highest BCUT2D eigenvalue weighted by Crippen LogP contribution is 2.22. The van der Waals surface area contributed by atoms with Crippen LogP contribution in [0, 0.1) is 17.2 Å². The van der Waals surface area contributed by atoms with Gasteiger partial charge in [0.1, 0.15) is 0 Å². The first kappa shape index (κ1) is 15.3.